The first-order valence-corrected chi connectivity index (χ1v) is 7.58. The lowest BCUT2D eigenvalue weighted by Crippen LogP contribution is -2.34. The van der Waals surface area contributed by atoms with E-state index in [1.807, 2.05) is 13.1 Å². The van der Waals surface area contributed by atoms with E-state index in [1.54, 1.807) is 24.1 Å². The van der Waals surface area contributed by atoms with Crippen LogP contribution in [0.15, 0.2) is 22.7 Å². The monoisotopic (exact) mass is 341 g/mol. The lowest BCUT2D eigenvalue weighted by molar-refractivity contribution is 0.0497. The van der Waals surface area contributed by atoms with Crippen molar-refractivity contribution in [3.63, 3.8) is 0 Å². The third-order valence-electron chi connectivity index (χ3n) is 3.62. The van der Waals surface area contributed by atoms with Crippen LogP contribution in [0.5, 0.6) is 5.75 Å². The van der Waals surface area contributed by atoms with Gasteiger partial charge in [-0.2, -0.15) is 0 Å². The van der Waals surface area contributed by atoms with Gasteiger partial charge in [0.15, 0.2) is 0 Å². The summed E-state index contributed by atoms with van der Waals surface area (Å²) >= 11 is 3.41. The zero-order valence-corrected chi connectivity index (χ0v) is 13.5. The average Bonchev–Trinajstić information content (AvgIpc) is 2.47. The summed E-state index contributed by atoms with van der Waals surface area (Å²) < 4.78 is 11.3. The van der Waals surface area contributed by atoms with Crippen molar-refractivity contribution in [1.29, 1.82) is 0 Å². The minimum Gasteiger partial charge on any atom is -0.496 e. The second-order valence-electron chi connectivity index (χ2n) is 5.09. The fourth-order valence-electron chi connectivity index (χ4n) is 2.42. The maximum Gasteiger partial charge on any atom is 0.253 e. The van der Waals surface area contributed by atoms with Crippen molar-refractivity contribution in [2.75, 3.05) is 33.9 Å². The van der Waals surface area contributed by atoms with E-state index in [0.717, 1.165) is 42.8 Å². The van der Waals surface area contributed by atoms with Gasteiger partial charge in [-0.1, -0.05) is 0 Å². The molecule has 1 aromatic carbocycles. The van der Waals surface area contributed by atoms with Crippen LogP contribution in [0.3, 0.4) is 0 Å². The van der Waals surface area contributed by atoms with E-state index in [9.17, 15) is 4.79 Å². The SMILES string of the molecule is COc1ccc(C(=O)N(C)CC2CCOCC2)cc1Br. The average molecular weight is 342 g/mol. The van der Waals surface area contributed by atoms with E-state index in [-0.39, 0.29) is 5.91 Å². The van der Waals surface area contributed by atoms with Gasteiger partial charge in [-0.15, -0.1) is 0 Å². The Morgan fingerprint density at radius 1 is 1.45 bits per heavy atom. The molecule has 0 N–H and O–H groups in total. The molecule has 4 nitrogen and oxygen atoms in total. The smallest absolute Gasteiger partial charge is 0.253 e. The van der Waals surface area contributed by atoms with Crippen molar-refractivity contribution in [1.82, 2.24) is 4.90 Å². The molecule has 1 heterocycles. The highest BCUT2D eigenvalue weighted by Gasteiger charge is 2.20. The van der Waals surface area contributed by atoms with Crippen molar-refractivity contribution in [3.8, 4) is 5.75 Å². The first kappa shape index (κ1) is 15.3. The molecule has 0 saturated carbocycles. The van der Waals surface area contributed by atoms with Crippen LogP contribution >= 0.6 is 15.9 Å². The molecule has 0 unspecified atom stereocenters. The quantitative estimate of drug-likeness (QED) is 0.845. The molecule has 1 aliphatic rings. The van der Waals surface area contributed by atoms with Gasteiger partial charge in [0.25, 0.3) is 5.91 Å². The van der Waals surface area contributed by atoms with Gasteiger partial charge in [0, 0.05) is 32.4 Å². The summed E-state index contributed by atoms with van der Waals surface area (Å²) in [7, 11) is 3.47. The zero-order chi connectivity index (χ0) is 14.5. The van der Waals surface area contributed by atoms with Gasteiger partial charge in [0.1, 0.15) is 5.75 Å². The van der Waals surface area contributed by atoms with Crippen molar-refractivity contribution in [2.45, 2.75) is 12.8 Å². The first-order valence-electron chi connectivity index (χ1n) is 6.78. The Morgan fingerprint density at radius 2 is 2.15 bits per heavy atom. The summed E-state index contributed by atoms with van der Waals surface area (Å²) in [6.45, 7) is 2.40. The number of ether oxygens (including phenoxy) is 2. The number of carbonyl (C=O) groups is 1. The lowest BCUT2D eigenvalue weighted by Gasteiger charge is -2.27. The number of hydrogen-bond donors (Lipinski definition) is 0. The highest BCUT2D eigenvalue weighted by Crippen LogP contribution is 2.26. The molecule has 0 aromatic heterocycles. The fraction of sp³-hybridized carbons (Fsp3) is 0.533. The molecular formula is C15H20BrNO3. The highest BCUT2D eigenvalue weighted by atomic mass is 79.9. The number of benzene rings is 1. The number of amides is 1. The molecular weight excluding hydrogens is 322 g/mol. The van der Waals surface area contributed by atoms with Crippen LogP contribution in [-0.2, 0) is 4.74 Å². The normalized spacial score (nSPS) is 15.9. The topological polar surface area (TPSA) is 38.8 Å². The van der Waals surface area contributed by atoms with E-state index in [1.165, 1.54) is 0 Å². The van der Waals surface area contributed by atoms with Crippen molar-refractivity contribution >= 4 is 21.8 Å². The van der Waals surface area contributed by atoms with Gasteiger partial charge in [-0.05, 0) is 52.9 Å². The predicted octanol–water partition coefficient (Wildman–Crippen LogP) is 2.96. The molecule has 0 aliphatic carbocycles. The number of nitrogens with zero attached hydrogens (tertiary/aromatic N) is 1. The van der Waals surface area contributed by atoms with Gasteiger partial charge in [0.05, 0.1) is 11.6 Å². The summed E-state index contributed by atoms with van der Waals surface area (Å²) in [4.78, 5) is 14.2. The maximum atomic E-state index is 12.4. The van der Waals surface area contributed by atoms with Gasteiger partial charge < -0.3 is 14.4 Å². The third-order valence-corrected chi connectivity index (χ3v) is 4.24. The highest BCUT2D eigenvalue weighted by molar-refractivity contribution is 9.10. The number of halogens is 1. The molecule has 2 rings (SSSR count). The van der Waals surface area contributed by atoms with E-state index in [4.69, 9.17) is 9.47 Å². The van der Waals surface area contributed by atoms with Gasteiger partial charge in [-0.3, -0.25) is 4.79 Å². The van der Waals surface area contributed by atoms with Crippen molar-refractivity contribution in [2.24, 2.45) is 5.92 Å². The minimum absolute atomic E-state index is 0.0415. The molecule has 0 spiro atoms. The standard InChI is InChI=1S/C15H20BrNO3/c1-17(10-11-5-7-20-8-6-11)15(18)12-3-4-14(19-2)13(16)9-12/h3-4,9,11H,5-8,10H2,1-2H3. The van der Waals surface area contributed by atoms with Crippen LogP contribution in [-0.4, -0.2) is 44.7 Å². The number of hydrogen-bond acceptors (Lipinski definition) is 3. The molecule has 0 bridgehead atoms. The number of methoxy groups -OCH3 is 1. The van der Waals surface area contributed by atoms with Crippen LogP contribution in [0.2, 0.25) is 0 Å². The summed E-state index contributed by atoms with van der Waals surface area (Å²) in [5.74, 6) is 1.31. The van der Waals surface area contributed by atoms with E-state index in [0.29, 0.717) is 11.5 Å². The Hall–Kier alpha value is -1.07. The Balaban J connectivity index is 2.00. The fourth-order valence-corrected chi connectivity index (χ4v) is 2.96. The molecule has 1 fully saturated rings. The Morgan fingerprint density at radius 3 is 2.75 bits per heavy atom. The predicted molar refractivity (Wildman–Crippen MR) is 81.2 cm³/mol. The molecule has 0 atom stereocenters. The van der Waals surface area contributed by atoms with Gasteiger partial charge >= 0.3 is 0 Å². The van der Waals surface area contributed by atoms with Crippen LogP contribution in [0, 0.1) is 5.92 Å². The molecule has 20 heavy (non-hydrogen) atoms. The van der Waals surface area contributed by atoms with E-state index in [2.05, 4.69) is 15.9 Å². The van der Waals surface area contributed by atoms with Crippen molar-refractivity contribution in [3.05, 3.63) is 28.2 Å². The third kappa shape index (κ3) is 3.73. The summed E-state index contributed by atoms with van der Waals surface area (Å²) in [5.41, 5.74) is 0.673. The van der Waals surface area contributed by atoms with Gasteiger partial charge in [-0.25, -0.2) is 0 Å². The number of rotatable bonds is 4. The molecule has 110 valence electrons. The minimum atomic E-state index is 0.0415. The molecule has 0 radical (unpaired) electrons. The van der Waals surface area contributed by atoms with Crippen LogP contribution in [0.4, 0.5) is 0 Å². The maximum absolute atomic E-state index is 12.4. The van der Waals surface area contributed by atoms with Crippen LogP contribution in [0.1, 0.15) is 23.2 Å². The second-order valence-corrected chi connectivity index (χ2v) is 5.95. The zero-order valence-electron chi connectivity index (χ0n) is 11.9. The van der Waals surface area contributed by atoms with Crippen molar-refractivity contribution < 1.29 is 14.3 Å². The molecule has 1 aliphatic heterocycles. The molecule has 1 saturated heterocycles. The summed E-state index contributed by atoms with van der Waals surface area (Å²) in [6.07, 6.45) is 2.06. The Kier molecular flexibility index (Phi) is 5.43. The van der Waals surface area contributed by atoms with Crippen LogP contribution < -0.4 is 4.74 Å². The summed E-state index contributed by atoms with van der Waals surface area (Å²) in [5, 5.41) is 0. The largest absolute Gasteiger partial charge is 0.496 e. The molecule has 1 amide bonds. The first-order chi connectivity index (χ1) is 9.61. The van der Waals surface area contributed by atoms with E-state index < -0.39 is 0 Å². The molecule has 1 aromatic rings. The van der Waals surface area contributed by atoms with Crippen LogP contribution in [0.25, 0.3) is 0 Å². The summed E-state index contributed by atoms with van der Waals surface area (Å²) in [6, 6.07) is 5.41. The Labute approximate surface area is 128 Å². The second kappa shape index (κ2) is 7.09. The van der Waals surface area contributed by atoms with E-state index >= 15 is 0 Å². The lowest BCUT2D eigenvalue weighted by atomic mass is 9.99. The Bertz CT molecular complexity index is 472. The number of carbonyl (C=O) groups excluding carboxylic acids is 1. The van der Waals surface area contributed by atoms with Gasteiger partial charge in [0.2, 0.25) is 0 Å². The molecule has 5 heteroatoms.